The van der Waals surface area contributed by atoms with Crippen molar-refractivity contribution in [1.82, 2.24) is 4.90 Å². The first kappa shape index (κ1) is 22.7. The van der Waals surface area contributed by atoms with E-state index in [-0.39, 0.29) is 17.9 Å². The molecule has 0 amide bonds. The Morgan fingerprint density at radius 1 is 0.929 bits per heavy atom. The zero-order valence-electron chi connectivity index (χ0n) is 17.0. The summed E-state index contributed by atoms with van der Waals surface area (Å²) in [6, 6.07) is 21.3. The standard InChI is InChI=1S/C25H33NO.ClH/c1-3-20-26(2)24(21-23-12-8-5-9-13-23)16-18-25(27,19-17-24)15-14-22-10-6-4-7-11-22;/h3-13,27H,1,14-21H2,2H3;1H. The fourth-order valence-electron chi connectivity index (χ4n) is 4.51. The highest BCUT2D eigenvalue weighted by Crippen LogP contribution is 2.42. The zero-order valence-corrected chi connectivity index (χ0v) is 17.8. The predicted molar refractivity (Wildman–Crippen MR) is 121 cm³/mol. The fraction of sp³-hybridized carbons (Fsp3) is 0.440. The van der Waals surface area contributed by atoms with Crippen molar-refractivity contribution in [2.45, 2.75) is 56.1 Å². The molecule has 2 aromatic carbocycles. The lowest BCUT2D eigenvalue weighted by molar-refractivity contribution is -0.0519. The lowest BCUT2D eigenvalue weighted by atomic mass is 9.69. The third-order valence-electron chi connectivity index (χ3n) is 6.42. The van der Waals surface area contributed by atoms with Crippen LogP contribution in [0.25, 0.3) is 0 Å². The van der Waals surface area contributed by atoms with Crippen molar-refractivity contribution in [3.8, 4) is 0 Å². The van der Waals surface area contributed by atoms with E-state index in [0.29, 0.717) is 0 Å². The van der Waals surface area contributed by atoms with E-state index in [1.807, 2.05) is 12.1 Å². The molecular formula is C25H34ClNO. The van der Waals surface area contributed by atoms with E-state index in [1.54, 1.807) is 0 Å². The van der Waals surface area contributed by atoms with Gasteiger partial charge in [-0.1, -0.05) is 66.7 Å². The van der Waals surface area contributed by atoms with E-state index in [9.17, 15) is 5.11 Å². The molecule has 0 radical (unpaired) electrons. The lowest BCUT2D eigenvalue weighted by Crippen LogP contribution is -2.54. The number of nitrogens with zero attached hydrogens (tertiary/aromatic N) is 1. The van der Waals surface area contributed by atoms with Crippen LogP contribution in [0.15, 0.2) is 73.3 Å². The maximum Gasteiger partial charge on any atom is 0.0652 e. The van der Waals surface area contributed by atoms with E-state index in [2.05, 4.69) is 73.1 Å². The van der Waals surface area contributed by atoms with Crippen LogP contribution in [0.5, 0.6) is 0 Å². The average Bonchev–Trinajstić information content (AvgIpc) is 2.70. The molecule has 0 saturated heterocycles. The topological polar surface area (TPSA) is 23.5 Å². The van der Waals surface area contributed by atoms with Gasteiger partial charge in [0.25, 0.3) is 0 Å². The van der Waals surface area contributed by atoms with Crippen LogP contribution in [-0.4, -0.2) is 34.7 Å². The normalized spacial score (nSPS) is 24.5. The third-order valence-corrected chi connectivity index (χ3v) is 6.42. The molecule has 0 heterocycles. The summed E-state index contributed by atoms with van der Waals surface area (Å²) in [5.41, 5.74) is 2.26. The van der Waals surface area contributed by atoms with Gasteiger partial charge in [-0.2, -0.15) is 0 Å². The van der Waals surface area contributed by atoms with Crippen molar-refractivity contribution in [1.29, 1.82) is 0 Å². The highest BCUT2D eigenvalue weighted by Gasteiger charge is 2.43. The number of aliphatic hydroxyl groups is 1. The van der Waals surface area contributed by atoms with Crippen LogP contribution in [0, 0.1) is 0 Å². The summed E-state index contributed by atoms with van der Waals surface area (Å²) >= 11 is 0. The van der Waals surface area contributed by atoms with Crippen LogP contribution in [0.1, 0.15) is 43.2 Å². The van der Waals surface area contributed by atoms with E-state index in [0.717, 1.165) is 51.5 Å². The van der Waals surface area contributed by atoms with Crippen molar-refractivity contribution < 1.29 is 5.11 Å². The van der Waals surface area contributed by atoms with Crippen LogP contribution < -0.4 is 0 Å². The number of hydrogen-bond donors (Lipinski definition) is 1. The maximum absolute atomic E-state index is 11.2. The molecule has 2 aromatic rings. The molecule has 0 aliphatic heterocycles. The van der Waals surface area contributed by atoms with Crippen molar-refractivity contribution in [2.24, 2.45) is 0 Å². The molecular weight excluding hydrogens is 366 g/mol. The molecule has 28 heavy (non-hydrogen) atoms. The molecule has 1 saturated carbocycles. The van der Waals surface area contributed by atoms with Gasteiger partial charge in [-0.15, -0.1) is 19.0 Å². The van der Waals surface area contributed by atoms with Gasteiger partial charge in [-0.25, -0.2) is 0 Å². The van der Waals surface area contributed by atoms with E-state index in [1.165, 1.54) is 11.1 Å². The molecule has 0 atom stereocenters. The molecule has 3 heteroatoms. The van der Waals surface area contributed by atoms with Crippen LogP contribution in [0.4, 0.5) is 0 Å². The fourth-order valence-corrected chi connectivity index (χ4v) is 4.51. The predicted octanol–water partition coefficient (Wildman–Crippen LogP) is 5.45. The van der Waals surface area contributed by atoms with Gasteiger partial charge in [0.15, 0.2) is 0 Å². The number of benzene rings is 2. The molecule has 0 aromatic heterocycles. The summed E-state index contributed by atoms with van der Waals surface area (Å²) in [4.78, 5) is 2.45. The van der Waals surface area contributed by atoms with Crippen LogP contribution in [-0.2, 0) is 12.8 Å². The summed E-state index contributed by atoms with van der Waals surface area (Å²) < 4.78 is 0. The average molecular weight is 400 g/mol. The smallest absolute Gasteiger partial charge is 0.0652 e. The van der Waals surface area contributed by atoms with E-state index >= 15 is 0 Å². The Balaban J connectivity index is 0.00000280. The quantitative estimate of drug-likeness (QED) is 0.597. The molecule has 152 valence electrons. The molecule has 1 aliphatic carbocycles. The summed E-state index contributed by atoms with van der Waals surface area (Å²) in [6.45, 7) is 4.82. The molecule has 0 unspecified atom stereocenters. The van der Waals surface area contributed by atoms with Gasteiger partial charge in [-0.05, 0) is 63.1 Å². The highest BCUT2D eigenvalue weighted by molar-refractivity contribution is 5.85. The Labute approximate surface area is 176 Å². The molecule has 1 fully saturated rings. The summed E-state index contributed by atoms with van der Waals surface area (Å²) in [7, 11) is 2.21. The van der Waals surface area contributed by atoms with Gasteiger partial charge in [0, 0.05) is 12.1 Å². The van der Waals surface area contributed by atoms with Gasteiger partial charge in [0.05, 0.1) is 5.60 Å². The number of hydrogen-bond acceptors (Lipinski definition) is 2. The van der Waals surface area contributed by atoms with Crippen molar-refractivity contribution in [2.75, 3.05) is 13.6 Å². The molecule has 0 spiro atoms. The van der Waals surface area contributed by atoms with Gasteiger partial charge in [0.1, 0.15) is 0 Å². The van der Waals surface area contributed by atoms with Crippen molar-refractivity contribution in [3.63, 3.8) is 0 Å². The SMILES string of the molecule is C=CCN(C)C1(Cc2ccccc2)CCC(O)(CCc2ccccc2)CC1.Cl. The number of aryl methyl sites for hydroxylation is 1. The number of likely N-dealkylation sites (N-methyl/N-ethyl adjacent to an activating group) is 1. The molecule has 3 rings (SSSR count). The molecule has 1 aliphatic rings. The molecule has 2 nitrogen and oxygen atoms in total. The summed E-state index contributed by atoms with van der Waals surface area (Å²) in [5, 5.41) is 11.2. The monoisotopic (exact) mass is 399 g/mol. The Morgan fingerprint density at radius 3 is 2.00 bits per heavy atom. The van der Waals surface area contributed by atoms with Gasteiger partial charge < -0.3 is 5.11 Å². The maximum atomic E-state index is 11.2. The zero-order chi connectivity index (χ0) is 19.2. The van der Waals surface area contributed by atoms with Crippen molar-refractivity contribution >= 4 is 12.4 Å². The van der Waals surface area contributed by atoms with Gasteiger partial charge >= 0.3 is 0 Å². The van der Waals surface area contributed by atoms with Crippen molar-refractivity contribution in [3.05, 3.63) is 84.4 Å². The Kier molecular flexibility index (Phi) is 8.30. The number of rotatable bonds is 8. The first-order valence-corrected chi connectivity index (χ1v) is 10.2. The second-order valence-electron chi connectivity index (χ2n) is 8.27. The largest absolute Gasteiger partial charge is 0.390 e. The highest BCUT2D eigenvalue weighted by atomic mass is 35.5. The Bertz CT molecular complexity index is 708. The Morgan fingerprint density at radius 2 is 1.46 bits per heavy atom. The lowest BCUT2D eigenvalue weighted by Gasteiger charge is -2.49. The second-order valence-corrected chi connectivity index (χ2v) is 8.27. The number of halogens is 1. The first-order chi connectivity index (χ1) is 13.1. The van der Waals surface area contributed by atoms with Crippen LogP contribution in [0.3, 0.4) is 0 Å². The Hall–Kier alpha value is -1.61. The minimum atomic E-state index is -0.537. The van der Waals surface area contributed by atoms with Crippen LogP contribution >= 0.6 is 12.4 Å². The molecule has 1 N–H and O–H groups in total. The third kappa shape index (κ3) is 5.70. The van der Waals surface area contributed by atoms with Gasteiger partial charge in [-0.3, -0.25) is 4.90 Å². The summed E-state index contributed by atoms with van der Waals surface area (Å²) in [5.74, 6) is 0. The summed E-state index contributed by atoms with van der Waals surface area (Å²) in [6.07, 6.45) is 8.61. The molecule has 0 bridgehead atoms. The van der Waals surface area contributed by atoms with Gasteiger partial charge in [0.2, 0.25) is 0 Å². The second kappa shape index (κ2) is 10.2. The van der Waals surface area contributed by atoms with Crippen LogP contribution in [0.2, 0.25) is 0 Å². The van der Waals surface area contributed by atoms with E-state index < -0.39 is 5.60 Å². The minimum absolute atomic E-state index is 0. The first-order valence-electron chi connectivity index (χ1n) is 10.2. The minimum Gasteiger partial charge on any atom is -0.390 e. The van der Waals surface area contributed by atoms with E-state index in [4.69, 9.17) is 0 Å².